The molecule has 3 aromatic rings. The van der Waals surface area contributed by atoms with Crippen molar-refractivity contribution in [2.45, 2.75) is 19.1 Å². The first-order valence-corrected chi connectivity index (χ1v) is 11.2. The smallest absolute Gasteiger partial charge is 0.322 e. The van der Waals surface area contributed by atoms with E-state index < -0.39 is 0 Å². The van der Waals surface area contributed by atoms with Gasteiger partial charge in [-0.2, -0.15) is 0 Å². The van der Waals surface area contributed by atoms with E-state index in [1.165, 1.54) is 0 Å². The highest BCUT2D eigenvalue weighted by Crippen LogP contribution is 2.26. The van der Waals surface area contributed by atoms with Gasteiger partial charge in [0.1, 0.15) is 5.75 Å². The third-order valence-corrected chi connectivity index (χ3v) is 5.91. The van der Waals surface area contributed by atoms with Gasteiger partial charge in [0.05, 0.1) is 25.1 Å². The van der Waals surface area contributed by atoms with Gasteiger partial charge in [0, 0.05) is 23.0 Å². The van der Waals surface area contributed by atoms with Crippen LogP contribution >= 0.6 is 23.2 Å². The van der Waals surface area contributed by atoms with Gasteiger partial charge in [-0.05, 0) is 41.5 Å². The number of halogens is 2. The van der Waals surface area contributed by atoms with Crippen LogP contribution in [0, 0.1) is 0 Å². The van der Waals surface area contributed by atoms with Crippen LogP contribution < -0.4 is 10.1 Å². The minimum Gasteiger partial charge on any atom is -0.495 e. The number of methoxy groups -OCH3 is 1. The number of nitrogens with one attached hydrogen (secondary N) is 1. The number of urea groups is 1. The fraction of sp³-hybridized carbons (Fsp3) is 0.200. The van der Waals surface area contributed by atoms with E-state index in [0.717, 1.165) is 16.8 Å². The van der Waals surface area contributed by atoms with Crippen LogP contribution in [0.25, 0.3) is 0 Å². The van der Waals surface area contributed by atoms with Crippen LogP contribution in [0.2, 0.25) is 10.0 Å². The number of amides is 2. The largest absolute Gasteiger partial charge is 0.495 e. The average Bonchev–Trinajstić information content (AvgIpc) is 3.29. The van der Waals surface area contributed by atoms with Crippen molar-refractivity contribution in [2.24, 2.45) is 5.16 Å². The third-order valence-electron chi connectivity index (χ3n) is 5.29. The summed E-state index contributed by atoms with van der Waals surface area (Å²) in [6, 6.07) is 21.9. The summed E-state index contributed by atoms with van der Waals surface area (Å²) in [5, 5.41) is 8.43. The number of carbonyl (C=O) groups excluding carboxylic acids is 1. The first-order valence-electron chi connectivity index (χ1n) is 10.4. The second kappa shape index (κ2) is 10.6. The zero-order valence-corrected chi connectivity index (χ0v) is 19.5. The molecule has 0 saturated heterocycles. The minimum absolute atomic E-state index is 0.289. The van der Waals surface area contributed by atoms with E-state index >= 15 is 0 Å². The summed E-state index contributed by atoms with van der Waals surface area (Å²) in [6.45, 7) is 0.642. The SMILES string of the molecule is COc1ccccc1NC(=O)N(Cc1ccccc1Cl)CC1CC(c2ccc(Cl)cc2)=NO1. The van der Waals surface area contributed by atoms with Crippen LogP contribution in [0.15, 0.2) is 78.0 Å². The van der Waals surface area contributed by atoms with Crippen molar-refractivity contribution in [3.05, 3.63) is 94.0 Å². The molecule has 8 heteroatoms. The van der Waals surface area contributed by atoms with E-state index in [4.69, 9.17) is 32.8 Å². The number of rotatable bonds is 7. The second-order valence-electron chi connectivity index (χ2n) is 7.58. The molecule has 0 aromatic heterocycles. The zero-order valence-electron chi connectivity index (χ0n) is 18.0. The van der Waals surface area contributed by atoms with Gasteiger partial charge in [0.15, 0.2) is 6.10 Å². The number of hydrogen-bond acceptors (Lipinski definition) is 4. The molecule has 0 spiro atoms. The highest BCUT2D eigenvalue weighted by Gasteiger charge is 2.27. The molecule has 1 unspecified atom stereocenters. The number of ether oxygens (including phenoxy) is 1. The maximum atomic E-state index is 13.3. The van der Waals surface area contributed by atoms with Gasteiger partial charge in [-0.1, -0.05) is 70.8 Å². The van der Waals surface area contributed by atoms with Gasteiger partial charge in [-0.3, -0.25) is 0 Å². The molecule has 33 heavy (non-hydrogen) atoms. The van der Waals surface area contributed by atoms with E-state index in [1.54, 1.807) is 30.2 Å². The van der Waals surface area contributed by atoms with E-state index in [2.05, 4.69) is 10.5 Å². The van der Waals surface area contributed by atoms with Crippen LogP contribution in [-0.4, -0.2) is 36.4 Å². The second-order valence-corrected chi connectivity index (χ2v) is 8.42. The highest BCUT2D eigenvalue weighted by molar-refractivity contribution is 6.31. The molecule has 0 aliphatic carbocycles. The summed E-state index contributed by atoms with van der Waals surface area (Å²) in [5.74, 6) is 0.578. The Balaban J connectivity index is 1.50. The zero-order chi connectivity index (χ0) is 23.2. The number of anilines is 1. The number of nitrogens with zero attached hydrogens (tertiary/aromatic N) is 2. The Morgan fingerprint density at radius 2 is 1.82 bits per heavy atom. The van der Waals surface area contributed by atoms with Gasteiger partial charge >= 0.3 is 6.03 Å². The van der Waals surface area contributed by atoms with E-state index in [9.17, 15) is 4.79 Å². The lowest BCUT2D eigenvalue weighted by molar-refractivity contribution is 0.0608. The topological polar surface area (TPSA) is 63.2 Å². The molecule has 0 fully saturated rings. The average molecular weight is 484 g/mol. The molecular formula is C25H23Cl2N3O3. The predicted molar refractivity (Wildman–Crippen MR) is 131 cm³/mol. The van der Waals surface area contributed by atoms with Crippen molar-refractivity contribution in [3.63, 3.8) is 0 Å². The minimum atomic E-state index is -0.290. The molecular weight excluding hydrogens is 461 g/mol. The standard InChI is InChI=1S/C25H23Cl2N3O3/c1-32-24-9-5-4-8-22(24)28-25(31)30(15-18-6-2-3-7-21(18)27)16-20-14-23(29-33-20)17-10-12-19(26)13-11-17/h2-13,20H,14-16H2,1H3,(H,28,31). The van der Waals surface area contributed by atoms with Gasteiger partial charge in [0.25, 0.3) is 0 Å². The molecule has 1 N–H and O–H groups in total. The summed E-state index contributed by atoms with van der Waals surface area (Å²) in [6.07, 6.45) is 0.282. The number of carbonyl (C=O) groups is 1. The van der Waals surface area contributed by atoms with Crippen LogP contribution in [0.5, 0.6) is 5.75 Å². The highest BCUT2D eigenvalue weighted by atomic mass is 35.5. The third kappa shape index (κ3) is 5.78. The van der Waals surface area contributed by atoms with Crippen molar-refractivity contribution in [3.8, 4) is 5.75 Å². The maximum Gasteiger partial charge on any atom is 0.322 e. The van der Waals surface area contributed by atoms with E-state index in [1.807, 2.05) is 54.6 Å². The molecule has 6 nitrogen and oxygen atoms in total. The summed E-state index contributed by atoms with van der Waals surface area (Å²) in [5.41, 5.74) is 3.18. The predicted octanol–water partition coefficient (Wildman–Crippen LogP) is 6.23. The Morgan fingerprint density at radius 1 is 1.09 bits per heavy atom. The van der Waals surface area contributed by atoms with Crippen LogP contribution in [0.3, 0.4) is 0 Å². The lowest BCUT2D eigenvalue weighted by Crippen LogP contribution is -2.40. The summed E-state index contributed by atoms with van der Waals surface area (Å²) < 4.78 is 5.36. The van der Waals surface area contributed by atoms with Gasteiger partial charge in [0.2, 0.25) is 0 Å². The molecule has 1 heterocycles. The number of benzene rings is 3. The monoisotopic (exact) mass is 483 g/mol. The molecule has 4 rings (SSSR count). The van der Waals surface area contributed by atoms with Gasteiger partial charge in [-0.15, -0.1) is 0 Å². The normalized spacial score (nSPS) is 14.9. The summed E-state index contributed by atoms with van der Waals surface area (Å²) in [7, 11) is 1.56. The Morgan fingerprint density at radius 3 is 2.58 bits per heavy atom. The number of hydrogen-bond donors (Lipinski definition) is 1. The van der Waals surface area contributed by atoms with Crippen molar-refractivity contribution < 1.29 is 14.4 Å². The molecule has 2 amide bonds. The quantitative estimate of drug-likeness (QED) is 0.433. The molecule has 1 aliphatic rings. The Bertz CT molecular complexity index is 1150. The first-order chi connectivity index (χ1) is 16.0. The molecule has 0 radical (unpaired) electrons. The maximum absolute atomic E-state index is 13.3. The fourth-order valence-electron chi connectivity index (χ4n) is 3.58. The molecule has 0 bridgehead atoms. The fourth-order valence-corrected chi connectivity index (χ4v) is 3.90. The number of oxime groups is 1. The van der Waals surface area contributed by atoms with E-state index in [0.29, 0.717) is 41.0 Å². The van der Waals surface area contributed by atoms with Gasteiger partial charge in [-0.25, -0.2) is 4.79 Å². The number of para-hydroxylation sites is 2. The molecule has 3 aromatic carbocycles. The van der Waals surface area contributed by atoms with Crippen molar-refractivity contribution >= 4 is 40.6 Å². The van der Waals surface area contributed by atoms with Crippen LogP contribution in [-0.2, 0) is 11.4 Å². The molecule has 170 valence electrons. The van der Waals surface area contributed by atoms with Crippen molar-refractivity contribution in [1.29, 1.82) is 0 Å². The lowest BCUT2D eigenvalue weighted by Gasteiger charge is -2.26. The molecule has 0 saturated carbocycles. The Labute approximate surface area is 202 Å². The summed E-state index contributed by atoms with van der Waals surface area (Å²) in [4.78, 5) is 20.6. The molecule has 1 atom stereocenters. The van der Waals surface area contributed by atoms with Crippen molar-refractivity contribution in [2.75, 3.05) is 19.0 Å². The van der Waals surface area contributed by atoms with E-state index in [-0.39, 0.29) is 12.1 Å². The Hall–Kier alpha value is -3.22. The van der Waals surface area contributed by atoms with Crippen LogP contribution in [0.1, 0.15) is 17.5 Å². The van der Waals surface area contributed by atoms with Gasteiger partial charge < -0.3 is 19.8 Å². The summed E-state index contributed by atoms with van der Waals surface area (Å²) >= 11 is 12.4. The lowest BCUT2D eigenvalue weighted by atomic mass is 10.0. The molecule has 1 aliphatic heterocycles. The Kier molecular flexibility index (Phi) is 7.37. The van der Waals surface area contributed by atoms with Crippen LogP contribution in [0.4, 0.5) is 10.5 Å². The first kappa shape index (κ1) is 23.0. The van der Waals surface area contributed by atoms with Crippen molar-refractivity contribution in [1.82, 2.24) is 4.90 Å².